The van der Waals surface area contributed by atoms with Crippen molar-refractivity contribution in [3.8, 4) is 0 Å². The standard InChI is InChI=1S/C21H26N4O4/c1-16(17-4-3-5-20(14-17)25(27)28)23(2)15-21(26)22-18-6-8-19(9-7-18)24-10-12-29-13-11-24/h3-9,14,16H,10-13,15H2,1-2H3,(H,22,26)/t16-/m0/s1. The SMILES string of the molecule is C[C@@H](c1cccc([N+](=O)[O-])c1)N(C)CC(=O)Nc1ccc(N2CCOCC2)cc1. The number of nitro benzene ring substituents is 1. The molecule has 1 aliphatic heterocycles. The second-order valence-corrected chi connectivity index (χ2v) is 7.14. The summed E-state index contributed by atoms with van der Waals surface area (Å²) in [6.45, 7) is 5.29. The van der Waals surface area contributed by atoms with Gasteiger partial charge < -0.3 is 15.0 Å². The number of likely N-dealkylation sites (N-methyl/N-ethyl adjacent to an activating group) is 1. The third-order valence-electron chi connectivity index (χ3n) is 5.14. The fourth-order valence-corrected chi connectivity index (χ4v) is 3.29. The van der Waals surface area contributed by atoms with E-state index in [1.165, 1.54) is 6.07 Å². The van der Waals surface area contributed by atoms with Gasteiger partial charge in [-0.25, -0.2) is 0 Å². The van der Waals surface area contributed by atoms with Crippen molar-refractivity contribution in [2.24, 2.45) is 0 Å². The predicted octanol–water partition coefficient (Wildman–Crippen LogP) is 3.06. The van der Waals surface area contributed by atoms with Gasteiger partial charge in [-0.05, 0) is 43.8 Å². The average molecular weight is 398 g/mol. The highest BCUT2D eigenvalue weighted by Gasteiger charge is 2.17. The molecule has 0 saturated carbocycles. The van der Waals surface area contributed by atoms with Gasteiger partial charge in [0.05, 0.1) is 24.7 Å². The topological polar surface area (TPSA) is 88.0 Å². The number of carbonyl (C=O) groups is 1. The summed E-state index contributed by atoms with van der Waals surface area (Å²) in [6, 6.07) is 14.1. The highest BCUT2D eigenvalue weighted by Crippen LogP contribution is 2.23. The van der Waals surface area contributed by atoms with E-state index >= 15 is 0 Å². The number of morpholine rings is 1. The van der Waals surface area contributed by atoms with Gasteiger partial charge in [0.1, 0.15) is 0 Å². The lowest BCUT2D eigenvalue weighted by Crippen LogP contribution is -2.36. The zero-order chi connectivity index (χ0) is 20.8. The quantitative estimate of drug-likeness (QED) is 0.570. The van der Waals surface area contributed by atoms with Crippen LogP contribution in [0.3, 0.4) is 0 Å². The summed E-state index contributed by atoms with van der Waals surface area (Å²) in [5, 5.41) is 13.9. The minimum absolute atomic E-state index is 0.0487. The Kier molecular flexibility index (Phi) is 6.79. The lowest BCUT2D eigenvalue weighted by molar-refractivity contribution is -0.384. The van der Waals surface area contributed by atoms with Crippen LogP contribution >= 0.6 is 0 Å². The zero-order valence-electron chi connectivity index (χ0n) is 16.7. The summed E-state index contributed by atoms with van der Waals surface area (Å²) < 4.78 is 5.37. The van der Waals surface area contributed by atoms with E-state index in [1.54, 1.807) is 12.1 Å². The molecule has 0 radical (unpaired) electrons. The summed E-state index contributed by atoms with van der Waals surface area (Å²) in [5.74, 6) is -0.135. The Morgan fingerprint density at radius 3 is 2.59 bits per heavy atom. The van der Waals surface area contributed by atoms with Gasteiger partial charge in [-0.1, -0.05) is 12.1 Å². The molecule has 8 heteroatoms. The highest BCUT2D eigenvalue weighted by atomic mass is 16.6. The maximum absolute atomic E-state index is 12.4. The Hall–Kier alpha value is -2.97. The molecule has 29 heavy (non-hydrogen) atoms. The average Bonchev–Trinajstić information content (AvgIpc) is 2.74. The summed E-state index contributed by atoms with van der Waals surface area (Å²) in [5.41, 5.74) is 2.70. The van der Waals surface area contributed by atoms with Gasteiger partial charge in [0, 0.05) is 42.6 Å². The summed E-state index contributed by atoms with van der Waals surface area (Å²) in [4.78, 5) is 27.1. The van der Waals surface area contributed by atoms with Gasteiger partial charge >= 0.3 is 0 Å². The number of anilines is 2. The Bertz CT molecular complexity index is 850. The van der Waals surface area contributed by atoms with E-state index in [0.717, 1.165) is 43.2 Å². The maximum atomic E-state index is 12.4. The van der Waals surface area contributed by atoms with Gasteiger partial charge in [-0.3, -0.25) is 19.8 Å². The number of nitrogens with zero attached hydrogens (tertiary/aromatic N) is 3. The van der Waals surface area contributed by atoms with Crippen LogP contribution in [0.15, 0.2) is 48.5 Å². The Morgan fingerprint density at radius 2 is 1.93 bits per heavy atom. The summed E-state index contributed by atoms with van der Waals surface area (Å²) in [7, 11) is 1.82. The number of nitro groups is 1. The minimum Gasteiger partial charge on any atom is -0.378 e. The molecule has 1 aliphatic rings. The molecule has 8 nitrogen and oxygen atoms in total. The van der Waals surface area contributed by atoms with Crippen LogP contribution < -0.4 is 10.2 Å². The molecule has 3 rings (SSSR count). The van der Waals surface area contributed by atoms with Gasteiger partial charge in [0.15, 0.2) is 0 Å². The first-order valence-corrected chi connectivity index (χ1v) is 9.61. The van der Waals surface area contributed by atoms with Crippen LogP contribution in [-0.4, -0.2) is 55.6 Å². The van der Waals surface area contributed by atoms with Crippen LogP contribution in [0.5, 0.6) is 0 Å². The largest absolute Gasteiger partial charge is 0.378 e. The molecule has 1 fully saturated rings. The number of carbonyl (C=O) groups excluding carboxylic acids is 1. The second-order valence-electron chi connectivity index (χ2n) is 7.14. The smallest absolute Gasteiger partial charge is 0.269 e. The molecular formula is C21H26N4O4. The van der Waals surface area contributed by atoms with Gasteiger partial charge in [0.2, 0.25) is 5.91 Å². The molecule has 0 aromatic heterocycles. The van der Waals surface area contributed by atoms with Crippen molar-refractivity contribution < 1.29 is 14.5 Å². The van der Waals surface area contributed by atoms with Gasteiger partial charge in [0.25, 0.3) is 5.69 Å². The molecule has 1 N–H and O–H groups in total. The van der Waals surface area contributed by atoms with Gasteiger partial charge in [-0.2, -0.15) is 0 Å². The molecule has 0 aliphatic carbocycles. The molecule has 1 saturated heterocycles. The summed E-state index contributed by atoms with van der Waals surface area (Å²) in [6.07, 6.45) is 0. The minimum atomic E-state index is -0.413. The number of hydrogen-bond acceptors (Lipinski definition) is 6. The number of nitrogens with one attached hydrogen (secondary N) is 1. The number of hydrogen-bond donors (Lipinski definition) is 1. The van der Waals surface area contributed by atoms with E-state index in [9.17, 15) is 14.9 Å². The third-order valence-corrected chi connectivity index (χ3v) is 5.14. The van der Waals surface area contributed by atoms with Crippen LogP contribution in [0.25, 0.3) is 0 Å². The Morgan fingerprint density at radius 1 is 1.24 bits per heavy atom. The molecule has 154 valence electrons. The van der Waals surface area contributed by atoms with E-state index in [1.807, 2.05) is 49.2 Å². The second kappa shape index (κ2) is 9.49. The van der Waals surface area contributed by atoms with Crippen molar-refractivity contribution in [3.05, 3.63) is 64.2 Å². The highest BCUT2D eigenvalue weighted by molar-refractivity contribution is 5.92. The van der Waals surface area contributed by atoms with E-state index in [2.05, 4.69) is 10.2 Å². The molecular weight excluding hydrogens is 372 g/mol. The first-order valence-electron chi connectivity index (χ1n) is 9.61. The molecule has 0 unspecified atom stereocenters. The van der Waals surface area contributed by atoms with Crippen molar-refractivity contribution in [1.29, 1.82) is 0 Å². The fraction of sp³-hybridized carbons (Fsp3) is 0.381. The number of amides is 1. The van der Waals surface area contributed by atoms with Crippen LogP contribution in [0.1, 0.15) is 18.5 Å². The van der Waals surface area contributed by atoms with Crippen molar-refractivity contribution in [2.75, 3.05) is 50.1 Å². The first kappa shape index (κ1) is 20.8. The number of non-ortho nitro benzene ring substituents is 1. The lowest BCUT2D eigenvalue weighted by atomic mass is 10.1. The lowest BCUT2D eigenvalue weighted by Gasteiger charge is -2.29. The van der Waals surface area contributed by atoms with Crippen LogP contribution in [0.4, 0.5) is 17.1 Å². The van der Waals surface area contributed by atoms with E-state index < -0.39 is 4.92 Å². The first-order chi connectivity index (χ1) is 13.9. The monoisotopic (exact) mass is 398 g/mol. The summed E-state index contributed by atoms with van der Waals surface area (Å²) >= 11 is 0. The number of rotatable bonds is 7. The van der Waals surface area contributed by atoms with Crippen molar-refractivity contribution in [2.45, 2.75) is 13.0 Å². The van der Waals surface area contributed by atoms with E-state index in [-0.39, 0.29) is 24.2 Å². The molecule has 1 amide bonds. The zero-order valence-corrected chi connectivity index (χ0v) is 16.7. The van der Waals surface area contributed by atoms with Crippen molar-refractivity contribution in [1.82, 2.24) is 4.90 Å². The normalized spacial score (nSPS) is 15.2. The maximum Gasteiger partial charge on any atom is 0.269 e. The van der Waals surface area contributed by atoms with Gasteiger partial charge in [-0.15, -0.1) is 0 Å². The molecule has 0 bridgehead atoms. The molecule has 2 aromatic carbocycles. The van der Waals surface area contributed by atoms with Crippen LogP contribution in [0, 0.1) is 10.1 Å². The van der Waals surface area contributed by atoms with Crippen molar-refractivity contribution >= 4 is 23.0 Å². The fourth-order valence-electron chi connectivity index (χ4n) is 3.29. The van der Waals surface area contributed by atoms with Crippen molar-refractivity contribution in [3.63, 3.8) is 0 Å². The van der Waals surface area contributed by atoms with E-state index in [0.29, 0.717) is 0 Å². The Balaban J connectivity index is 1.55. The number of ether oxygens (including phenoxy) is 1. The molecule has 1 atom stereocenters. The molecule has 0 spiro atoms. The van der Waals surface area contributed by atoms with Crippen LogP contribution in [-0.2, 0) is 9.53 Å². The molecule has 1 heterocycles. The predicted molar refractivity (Wildman–Crippen MR) is 112 cm³/mol. The van der Waals surface area contributed by atoms with E-state index in [4.69, 9.17) is 4.74 Å². The Labute approximate surface area is 170 Å². The third kappa shape index (κ3) is 5.52. The molecule has 2 aromatic rings. The van der Waals surface area contributed by atoms with Crippen LogP contribution in [0.2, 0.25) is 0 Å². The number of benzene rings is 2.